The van der Waals surface area contributed by atoms with Crippen LogP contribution < -0.4 is 10.6 Å². The van der Waals surface area contributed by atoms with Crippen molar-refractivity contribution in [2.24, 2.45) is 0 Å². The average Bonchev–Trinajstić information content (AvgIpc) is 2.52. The van der Waals surface area contributed by atoms with Crippen molar-refractivity contribution in [1.29, 1.82) is 0 Å². The van der Waals surface area contributed by atoms with Crippen LogP contribution in [0.1, 0.15) is 23.6 Å². The molecule has 0 aliphatic carbocycles. The van der Waals surface area contributed by atoms with Crippen molar-refractivity contribution in [1.82, 2.24) is 5.32 Å². The quantitative estimate of drug-likeness (QED) is 0.720. The summed E-state index contributed by atoms with van der Waals surface area (Å²) in [6, 6.07) is 17.1. The second-order valence-electron chi connectivity index (χ2n) is 5.37. The normalized spacial score (nSPS) is 10.6. The number of nitrogens with one attached hydrogen (secondary N) is 2. The molecular weight excluding hydrogens is 256 g/mol. The van der Waals surface area contributed by atoms with Gasteiger partial charge in [-0.2, -0.15) is 0 Å². The molecule has 21 heavy (non-hydrogen) atoms. The van der Waals surface area contributed by atoms with Crippen molar-refractivity contribution in [3.63, 3.8) is 0 Å². The Labute approximate surface area is 128 Å². The van der Waals surface area contributed by atoms with Gasteiger partial charge in [0.05, 0.1) is 0 Å². The van der Waals surface area contributed by atoms with Gasteiger partial charge in [-0.15, -0.1) is 0 Å². The minimum Gasteiger partial charge on any atom is -0.383 e. The number of aryl methyl sites for hydroxylation is 2. The Morgan fingerprint density at radius 3 is 2.43 bits per heavy atom. The molecule has 0 saturated carbocycles. The minimum absolute atomic E-state index is 0.965. The zero-order valence-electron chi connectivity index (χ0n) is 13.2. The maximum absolute atomic E-state index is 3.57. The SMILES string of the molecule is CCc1cccc(C)c1NCCNCCc1ccccc1. The molecule has 2 nitrogen and oxygen atoms in total. The third kappa shape index (κ3) is 4.91. The Balaban J connectivity index is 1.68. The molecule has 112 valence electrons. The standard InChI is InChI=1S/C19H26N2/c1-3-18-11-7-8-16(2)19(18)21-15-14-20-13-12-17-9-5-4-6-10-17/h4-11,20-21H,3,12-15H2,1-2H3. The highest BCUT2D eigenvalue weighted by molar-refractivity contribution is 5.57. The van der Waals surface area contributed by atoms with Crippen LogP contribution in [0.4, 0.5) is 5.69 Å². The molecule has 0 heterocycles. The van der Waals surface area contributed by atoms with Crippen LogP contribution in [-0.4, -0.2) is 19.6 Å². The predicted molar refractivity (Wildman–Crippen MR) is 92.1 cm³/mol. The van der Waals surface area contributed by atoms with E-state index in [-0.39, 0.29) is 0 Å². The summed E-state index contributed by atoms with van der Waals surface area (Å²) < 4.78 is 0. The van der Waals surface area contributed by atoms with Crippen LogP contribution in [0, 0.1) is 6.92 Å². The van der Waals surface area contributed by atoms with Crippen LogP contribution in [-0.2, 0) is 12.8 Å². The molecule has 0 fully saturated rings. The number of para-hydroxylation sites is 1. The fourth-order valence-corrected chi connectivity index (χ4v) is 2.55. The van der Waals surface area contributed by atoms with E-state index >= 15 is 0 Å². The second kappa shape index (κ2) is 8.48. The van der Waals surface area contributed by atoms with E-state index in [0.717, 1.165) is 32.5 Å². The van der Waals surface area contributed by atoms with Crippen molar-refractivity contribution in [3.05, 3.63) is 65.2 Å². The van der Waals surface area contributed by atoms with Crippen molar-refractivity contribution < 1.29 is 0 Å². The molecule has 0 saturated heterocycles. The smallest absolute Gasteiger partial charge is 0.0402 e. The Bertz CT molecular complexity index is 535. The average molecular weight is 282 g/mol. The summed E-state index contributed by atoms with van der Waals surface area (Å²) in [5.74, 6) is 0. The van der Waals surface area contributed by atoms with E-state index in [9.17, 15) is 0 Å². The van der Waals surface area contributed by atoms with Gasteiger partial charge in [0.15, 0.2) is 0 Å². The van der Waals surface area contributed by atoms with Gasteiger partial charge in [0.2, 0.25) is 0 Å². The first-order chi connectivity index (χ1) is 10.3. The molecule has 0 radical (unpaired) electrons. The van der Waals surface area contributed by atoms with Gasteiger partial charge >= 0.3 is 0 Å². The highest BCUT2D eigenvalue weighted by Crippen LogP contribution is 2.20. The third-order valence-corrected chi connectivity index (χ3v) is 3.78. The lowest BCUT2D eigenvalue weighted by Crippen LogP contribution is -2.24. The number of hydrogen-bond donors (Lipinski definition) is 2. The summed E-state index contributed by atoms with van der Waals surface area (Å²) in [4.78, 5) is 0. The summed E-state index contributed by atoms with van der Waals surface area (Å²) in [5, 5.41) is 7.07. The highest BCUT2D eigenvalue weighted by atomic mass is 14.9. The Hall–Kier alpha value is -1.80. The van der Waals surface area contributed by atoms with Gasteiger partial charge in [0.1, 0.15) is 0 Å². The lowest BCUT2D eigenvalue weighted by molar-refractivity contribution is 0.699. The summed E-state index contributed by atoms with van der Waals surface area (Å²) in [6.45, 7) is 7.36. The van der Waals surface area contributed by atoms with Crippen LogP contribution >= 0.6 is 0 Å². The van der Waals surface area contributed by atoms with E-state index in [0.29, 0.717) is 0 Å². The van der Waals surface area contributed by atoms with Crippen LogP contribution in [0.3, 0.4) is 0 Å². The van der Waals surface area contributed by atoms with Gasteiger partial charge in [0.25, 0.3) is 0 Å². The van der Waals surface area contributed by atoms with Crippen LogP contribution in [0.2, 0.25) is 0 Å². The van der Waals surface area contributed by atoms with Crippen molar-refractivity contribution in [2.45, 2.75) is 26.7 Å². The molecule has 0 unspecified atom stereocenters. The summed E-state index contributed by atoms with van der Waals surface area (Å²) in [7, 11) is 0. The summed E-state index contributed by atoms with van der Waals surface area (Å²) in [5.41, 5.74) is 5.44. The largest absolute Gasteiger partial charge is 0.383 e. The highest BCUT2D eigenvalue weighted by Gasteiger charge is 2.02. The number of anilines is 1. The van der Waals surface area contributed by atoms with Gasteiger partial charge in [0, 0.05) is 18.8 Å². The molecule has 0 aromatic heterocycles. The zero-order chi connectivity index (χ0) is 14.9. The Morgan fingerprint density at radius 2 is 1.67 bits per heavy atom. The second-order valence-corrected chi connectivity index (χ2v) is 5.37. The van der Waals surface area contributed by atoms with Crippen LogP contribution in [0.15, 0.2) is 48.5 Å². The zero-order valence-corrected chi connectivity index (χ0v) is 13.2. The lowest BCUT2D eigenvalue weighted by atomic mass is 10.1. The lowest BCUT2D eigenvalue weighted by Gasteiger charge is -2.14. The van der Waals surface area contributed by atoms with E-state index in [2.05, 4.69) is 73.0 Å². The molecular formula is C19H26N2. The van der Waals surface area contributed by atoms with E-state index < -0.39 is 0 Å². The molecule has 2 rings (SSSR count). The van der Waals surface area contributed by atoms with E-state index in [1.807, 2.05) is 0 Å². The number of hydrogen-bond acceptors (Lipinski definition) is 2. The van der Waals surface area contributed by atoms with E-state index in [1.165, 1.54) is 22.4 Å². The third-order valence-electron chi connectivity index (χ3n) is 3.78. The number of benzene rings is 2. The fraction of sp³-hybridized carbons (Fsp3) is 0.368. The molecule has 2 heteroatoms. The van der Waals surface area contributed by atoms with Crippen LogP contribution in [0.5, 0.6) is 0 Å². The predicted octanol–water partition coefficient (Wildman–Crippen LogP) is 3.80. The monoisotopic (exact) mass is 282 g/mol. The molecule has 0 aliphatic rings. The van der Waals surface area contributed by atoms with Gasteiger partial charge in [-0.3, -0.25) is 0 Å². The van der Waals surface area contributed by atoms with E-state index in [4.69, 9.17) is 0 Å². The number of rotatable bonds is 8. The molecule has 2 N–H and O–H groups in total. The Kier molecular flexibility index (Phi) is 6.29. The van der Waals surface area contributed by atoms with Gasteiger partial charge in [-0.25, -0.2) is 0 Å². The van der Waals surface area contributed by atoms with Crippen molar-refractivity contribution in [3.8, 4) is 0 Å². The Morgan fingerprint density at radius 1 is 0.857 bits per heavy atom. The molecule has 0 atom stereocenters. The fourth-order valence-electron chi connectivity index (χ4n) is 2.55. The van der Waals surface area contributed by atoms with Gasteiger partial charge in [-0.1, -0.05) is 55.5 Å². The molecule has 0 spiro atoms. The first-order valence-corrected chi connectivity index (χ1v) is 7.88. The molecule has 2 aromatic carbocycles. The maximum atomic E-state index is 3.57. The van der Waals surface area contributed by atoms with Gasteiger partial charge in [-0.05, 0) is 43.0 Å². The first-order valence-electron chi connectivity index (χ1n) is 7.88. The molecule has 0 amide bonds. The maximum Gasteiger partial charge on any atom is 0.0402 e. The van der Waals surface area contributed by atoms with Crippen molar-refractivity contribution in [2.75, 3.05) is 25.0 Å². The first kappa shape index (κ1) is 15.6. The summed E-state index contributed by atoms with van der Waals surface area (Å²) >= 11 is 0. The molecule has 0 bridgehead atoms. The topological polar surface area (TPSA) is 24.1 Å². The van der Waals surface area contributed by atoms with E-state index in [1.54, 1.807) is 0 Å². The minimum atomic E-state index is 0.965. The summed E-state index contributed by atoms with van der Waals surface area (Å²) in [6.07, 6.45) is 2.16. The van der Waals surface area contributed by atoms with Crippen LogP contribution in [0.25, 0.3) is 0 Å². The molecule has 0 aliphatic heterocycles. The molecule has 2 aromatic rings. The van der Waals surface area contributed by atoms with Gasteiger partial charge < -0.3 is 10.6 Å². The van der Waals surface area contributed by atoms with Crippen molar-refractivity contribution >= 4 is 5.69 Å².